The Hall–Kier alpha value is -2.48. The molecule has 8 heteroatoms. The van der Waals surface area contributed by atoms with Gasteiger partial charge in [0, 0.05) is 37.2 Å². The first-order chi connectivity index (χ1) is 15.9. The molecule has 5 rings (SSSR count). The van der Waals surface area contributed by atoms with Crippen LogP contribution in [-0.4, -0.2) is 62.1 Å². The monoisotopic (exact) mass is 452 g/mol. The second kappa shape index (κ2) is 9.05. The molecule has 3 aliphatic rings. The van der Waals surface area contributed by atoms with Crippen LogP contribution in [0.15, 0.2) is 12.4 Å². The lowest BCUT2D eigenvalue weighted by Gasteiger charge is -2.30. The normalized spacial score (nSPS) is 25.8. The third-order valence-electron chi connectivity index (χ3n) is 7.18. The quantitative estimate of drug-likeness (QED) is 0.756. The zero-order valence-corrected chi connectivity index (χ0v) is 20.1. The molecule has 1 amide bonds. The van der Waals surface area contributed by atoms with Gasteiger partial charge in [-0.15, -0.1) is 5.10 Å². The summed E-state index contributed by atoms with van der Waals surface area (Å²) in [7, 11) is 0. The van der Waals surface area contributed by atoms with Gasteiger partial charge in [0.15, 0.2) is 0 Å². The summed E-state index contributed by atoms with van der Waals surface area (Å²) in [5.74, 6) is 1.18. The number of hydrogen-bond donors (Lipinski definition) is 1. The van der Waals surface area contributed by atoms with Crippen molar-refractivity contribution in [2.24, 2.45) is 5.92 Å². The van der Waals surface area contributed by atoms with Gasteiger partial charge in [0.1, 0.15) is 17.4 Å². The molecule has 2 aromatic heterocycles. The van der Waals surface area contributed by atoms with E-state index < -0.39 is 5.60 Å². The van der Waals surface area contributed by atoms with E-state index in [2.05, 4.69) is 37.7 Å². The molecule has 2 aliphatic carbocycles. The minimum Gasteiger partial charge on any atom is -0.444 e. The van der Waals surface area contributed by atoms with Gasteiger partial charge >= 0.3 is 6.09 Å². The van der Waals surface area contributed by atoms with Crippen molar-refractivity contribution in [2.45, 2.75) is 83.3 Å². The second-order valence-electron chi connectivity index (χ2n) is 10.9. The summed E-state index contributed by atoms with van der Waals surface area (Å²) in [4.78, 5) is 19.2. The fraction of sp³-hybridized carbons (Fsp3) is 0.680. The molecule has 0 radical (unpaired) electrons. The van der Waals surface area contributed by atoms with Crippen LogP contribution < -0.4 is 5.32 Å². The fourth-order valence-corrected chi connectivity index (χ4v) is 5.62. The van der Waals surface area contributed by atoms with Crippen LogP contribution in [-0.2, 0) is 11.2 Å². The van der Waals surface area contributed by atoms with Crippen LogP contribution >= 0.6 is 0 Å². The highest BCUT2D eigenvalue weighted by Gasteiger charge is 2.31. The third-order valence-corrected chi connectivity index (χ3v) is 7.18. The molecule has 8 nitrogen and oxygen atoms in total. The van der Waals surface area contributed by atoms with E-state index in [1.54, 1.807) is 0 Å². The molecular weight excluding hydrogens is 416 g/mol. The number of nitrogens with zero attached hydrogens (tertiary/aromatic N) is 5. The lowest BCUT2D eigenvalue weighted by Crippen LogP contribution is -2.41. The minimum atomic E-state index is -0.455. The van der Waals surface area contributed by atoms with Gasteiger partial charge < -0.3 is 15.0 Å². The number of ether oxygens (including phenoxy) is 1. The number of aromatic nitrogens is 4. The Morgan fingerprint density at radius 3 is 2.82 bits per heavy atom. The molecule has 0 bridgehead atoms. The van der Waals surface area contributed by atoms with Gasteiger partial charge in [-0.3, -0.25) is 0 Å². The number of rotatable bonds is 4. The predicted molar refractivity (Wildman–Crippen MR) is 127 cm³/mol. The number of carbonyl (C=O) groups is 1. The fourth-order valence-electron chi connectivity index (χ4n) is 5.62. The van der Waals surface area contributed by atoms with Crippen molar-refractivity contribution in [3.05, 3.63) is 29.4 Å². The number of aryl methyl sites for hydroxylation is 1. The topological polar surface area (TPSA) is 84.6 Å². The first-order valence-corrected chi connectivity index (χ1v) is 12.5. The summed E-state index contributed by atoms with van der Waals surface area (Å²) in [6.07, 6.45) is 13.8. The molecule has 2 fully saturated rings. The first kappa shape index (κ1) is 22.3. The largest absolute Gasteiger partial charge is 0.444 e. The smallest absolute Gasteiger partial charge is 0.407 e. The Morgan fingerprint density at radius 2 is 2.03 bits per heavy atom. The van der Waals surface area contributed by atoms with Gasteiger partial charge in [0.25, 0.3) is 0 Å². The molecule has 1 atom stereocenters. The minimum absolute atomic E-state index is 0.187. The lowest BCUT2D eigenvalue weighted by molar-refractivity contribution is 0.0505. The molecule has 1 aliphatic heterocycles. The van der Waals surface area contributed by atoms with Crippen LogP contribution in [0.1, 0.15) is 82.2 Å². The number of fused-ring (bicyclic) bond motifs is 3. The highest BCUT2D eigenvalue weighted by molar-refractivity contribution is 5.74. The van der Waals surface area contributed by atoms with E-state index in [1.165, 1.54) is 24.1 Å². The van der Waals surface area contributed by atoms with E-state index in [1.807, 2.05) is 31.6 Å². The van der Waals surface area contributed by atoms with E-state index in [-0.39, 0.29) is 12.1 Å². The Labute approximate surface area is 195 Å². The van der Waals surface area contributed by atoms with Crippen molar-refractivity contribution in [2.75, 3.05) is 19.6 Å². The summed E-state index contributed by atoms with van der Waals surface area (Å²) in [5.41, 5.74) is 4.25. The Morgan fingerprint density at radius 1 is 1.21 bits per heavy atom. The number of allylic oxidation sites excluding steroid dienone is 1. The van der Waals surface area contributed by atoms with Crippen LogP contribution in [0, 0.1) is 5.92 Å². The van der Waals surface area contributed by atoms with E-state index in [0.717, 1.165) is 62.9 Å². The zero-order valence-electron chi connectivity index (χ0n) is 20.1. The maximum atomic E-state index is 12.1. The van der Waals surface area contributed by atoms with Crippen LogP contribution in [0.4, 0.5) is 4.79 Å². The van der Waals surface area contributed by atoms with Gasteiger partial charge in [-0.05, 0) is 71.6 Å². The SMILES string of the molecule is CC(C)(C)OC(=O)N[C@@H]1CCN(CC2CCC(c3nnn4cnc5c(c34)C=CCC5)CC2)C1. The van der Waals surface area contributed by atoms with Crippen LogP contribution in [0.2, 0.25) is 0 Å². The maximum absolute atomic E-state index is 12.1. The van der Waals surface area contributed by atoms with Gasteiger partial charge in [-0.1, -0.05) is 17.4 Å². The molecule has 2 aromatic rings. The summed E-state index contributed by atoms with van der Waals surface area (Å²) < 4.78 is 7.27. The van der Waals surface area contributed by atoms with Crippen molar-refractivity contribution < 1.29 is 9.53 Å². The zero-order chi connectivity index (χ0) is 23.0. The summed E-state index contributed by atoms with van der Waals surface area (Å²) >= 11 is 0. The van der Waals surface area contributed by atoms with Crippen molar-refractivity contribution in [3.8, 4) is 0 Å². The Kier molecular flexibility index (Phi) is 6.12. The first-order valence-electron chi connectivity index (χ1n) is 12.5. The molecule has 3 heterocycles. The average Bonchev–Trinajstić information content (AvgIpc) is 3.40. The number of nitrogens with one attached hydrogen (secondary N) is 1. The van der Waals surface area contributed by atoms with Gasteiger partial charge in [-0.2, -0.15) is 0 Å². The number of likely N-dealkylation sites (tertiary alicyclic amines) is 1. The summed E-state index contributed by atoms with van der Waals surface area (Å²) in [6.45, 7) is 8.77. The van der Waals surface area contributed by atoms with E-state index in [0.29, 0.717) is 11.8 Å². The van der Waals surface area contributed by atoms with E-state index in [9.17, 15) is 4.79 Å². The molecule has 0 unspecified atom stereocenters. The third kappa shape index (κ3) is 5.05. The van der Waals surface area contributed by atoms with Gasteiger partial charge in [-0.25, -0.2) is 14.3 Å². The second-order valence-corrected chi connectivity index (χ2v) is 10.9. The number of amides is 1. The lowest BCUT2D eigenvalue weighted by atomic mass is 9.79. The van der Waals surface area contributed by atoms with Gasteiger partial charge in [0.2, 0.25) is 0 Å². The van der Waals surface area contributed by atoms with Crippen LogP contribution in [0.5, 0.6) is 0 Å². The standard InChI is InChI=1S/C25H36N6O2/c1-25(2,3)33-24(32)27-19-12-13-30(15-19)14-17-8-10-18(11-9-17)22-23-20-6-4-5-7-21(20)26-16-31(23)29-28-22/h4,6,16-19H,5,7-15H2,1-3H3,(H,27,32)/t17?,18?,19-/m1/s1. The van der Waals surface area contributed by atoms with Crippen molar-refractivity contribution >= 4 is 17.7 Å². The van der Waals surface area contributed by atoms with Crippen molar-refractivity contribution in [1.82, 2.24) is 30.0 Å². The van der Waals surface area contributed by atoms with Crippen molar-refractivity contribution in [1.29, 1.82) is 0 Å². The Bertz CT molecular complexity index is 1030. The molecular formula is C25H36N6O2. The average molecular weight is 453 g/mol. The number of hydrogen-bond acceptors (Lipinski definition) is 6. The number of alkyl carbamates (subject to hydrolysis) is 1. The maximum Gasteiger partial charge on any atom is 0.407 e. The molecule has 0 spiro atoms. The predicted octanol–water partition coefficient (Wildman–Crippen LogP) is 3.96. The van der Waals surface area contributed by atoms with Gasteiger partial charge in [0.05, 0.1) is 11.4 Å². The van der Waals surface area contributed by atoms with E-state index >= 15 is 0 Å². The molecule has 0 aromatic carbocycles. The molecule has 178 valence electrons. The summed E-state index contributed by atoms with van der Waals surface area (Å²) in [6, 6.07) is 0.187. The highest BCUT2D eigenvalue weighted by Crippen LogP contribution is 2.38. The molecule has 1 saturated carbocycles. The molecule has 1 N–H and O–H groups in total. The Balaban J connectivity index is 1.15. The van der Waals surface area contributed by atoms with Crippen LogP contribution in [0.25, 0.3) is 11.6 Å². The summed E-state index contributed by atoms with van der Waals surface area (Å²) in [5, 5.41) is 12.0. The number of carbonyl (C=O) groups excluding carboxylic acids is 1. The molecule has 1 saturated heterocycles. The molecule has 33 heavy (non-hydrogen) atoms. The van der Waals surface area contributed by atoms with Crippen LogP contribution in [0.3, 0.4) is 0 Å². The van der Waals surface area contributed by atoms with Crippen molar-refractivity contribution in [3.63, 3.8) is 0 Å². The highest BCUT2D eigenvalue weighted by atomic mass is 16.6. The van der Waals surface area contributed by atoms with E-state index in [4.69, 9.17) is 4.74 Å².